The maximum Gasteiger partial charge on any atom is 0.253 e. The molecule has 0 unspecified atom stereocenters. The number of amides is 1. The van der Waals surface area contributed by atoms with Gasteiger partial charge in [-0.05, 0) is 13.1 Å². The van der Waals surface area contributed by atoms with E-state index in [1.165, 1.54) is 0 Å². The number of halogens is 2. The van der Waals surface area contributed by atoms with Gasteiger partial charge in [-0.25, -0.2) is 8.78 Å². The van der Waals surface area contributed by atoms with E-state index in [4.69, 9.17) is 11.5 Å². The van der Waals surface area contributed by atoms with Crippen LogP contribution in [0.3, 0.4) is 0 Å². The molecule has 1 heterocycles. The zero-order chi connectivity index (χ0) is 14.2. The number of benzene rings is 1. The fraction of sp³-hybridized carbons (Fsp3) is 0.417. The lowest BCUT2D eigenvalue weighted by molar-refractivity contribution is 0.0997. The molecule has 1 aromatic rings. The second kappa shape index (κ2) is 5.00. The van der Waals surface area contributed by atoms with Crippen molar-refractivity contribution in [2.45, 2.75) is 0 Å². The van der Waals surface area contributed by atoms with Gasteiger partial charge in [-0.3, -0.25) is 4.79 Å². The highest BCUT2D eigenvalue weighted by Crippen LogP contribution is 2.30. The Hall–Kier alpha value is -1.89. The number of nitrogen functional groups attached to an aromatic ring is 1. The summed E-state index contributed by atoms with van der Waals surface area (Å²) >= 11 is 0. The van der Waals surface area contributed by atoms with Gasteiger partial charge in [0.15, 0.2) is 11.6 Å². The Morgan fingerprint density at radius 2 is 1.84 bits per heavy atom. The third-order valence-electron chi connectivity index (χ3n) is 3.29. The molecule has 104 valence electrons. The Labute approximate surface area is 109 Å². The van der Waals surface area contributed by atoms with Gasteiger partial charge < -0.3 is 21.3 Å². The van der Waals surface area contributed by atoms with Crippen molar-refractivity contribution in [2.75, 3.05) is 43.9 Å². The summed E-state index contributed by atoms with van der Waals surface area (Å²) in [6.07, 6.45) is 0. The Bertz CT molecular complexity index is 513. The summed E-state index contributed by atoms with van der Waals surface area (Å²) in [6, 6.07) is 0.941. The minimum Gasteiger partial charge on any atom is -0.398 e. The van der Waals surface area contributed by atoms with Crippen molar-refractivity contribution in [2.24, 2.45) is 5.73 Å². The minimum atomic E-state index is -0.995. The molecule has 5 nitrogen and oxygen atoms in total. The topological polar surface area (TPSA) is 75.6 Å². The summed E-state index contributed by atoms with van der Waals surface area (Å²) in [6.45, 7) is 2.34. The average Bonchev–Trinajstić information content (AvgIpc) is 2.30. The van der Waals surface area contributed by atoms with Crippen molar-refractivity contribution < 1.29 is 13.6 Å². The number of primary amides is 1. The number of anilines is 2. The lowest BCUT2D eigenvalue weighted by Crippen LogP contribution is -2.45. The van der Waals surface area contributed by atoms with E-state index in [2.05, 4.69) is 4.90 Å². The molecule has 0 aliphatic carbocycles. The maximum atomic E-state index is 14.3. The molecule has 4 N–H and O–H groups in total. The predicted molar refractivity (Wildman–Crippen MR) is 69.0 cm³/mol. The van der Waals surface area contributed by atoms with Crippen molar-refractivity contribution in [3.63, 3.8) is 0 Å². The summed E-state index contributed by atoms with van der Waals surface area (Å²) in [5.74, 6) is -2.75. The molecule has 0 saturated carbocycles. The number of hydrogen-bond acceptors (Lipinski definition) is 4. The molecule has 1 amide bonds. The first-order valence-electron chi connectivity index (χ1n) is 5.92. The normalized spacial score (nSPS) is 16.7. The van der Waals surface area contributed by atoms with Crippen LogP contribution >= 0.6 is 0 Å². The number of nitrogens with zero attached hydrogens (tertiary/aromatic N) is 2. The van der Waals surface area contributed by atoms with Crippen LogP contribution < -0.4 is 16.4 Å². The molecule has 1 aliphatic heterocycles. The highest BCUT2D eigenvalue weighted by Gasteiger charge is 2.26. The Kier molecular flexibility index (Phi) is 3.57. The van der Waals surface area contributed by atoms with Gasteiger partial charge in [0, 0.05) is 26.2 Å². The minimum absolute atomic E-state index is 0.226. The number of nitrogens with two attached hydrogens (primary N) is 2. The Balaban J connectivity index is 2.45. The monoisotopic (exact) mass is 270 g/mol. The quantitative estimate of drug-likeness (QED) is 0.763. The first kappa shape index (κ1) is 13.5. The fourth-order valence-electron chi connectivity index (χ4n) is 2.20. The van der Waals surface area contributed by atoms with Gasteiger partial charge in [-0.1, -0.05) is 0 Å². The third-order valence-corrected chi connectivity index (χ3v) is 3.29. The van der Waals surface area contributed by atoms with Crippen LogP contribution in [0.25, 0.3) is 0 Å². The van der Waals surface area contributed by atoms with E-state index in [1.807, 2.05) is 7.05 Å². The van der Waals surface area contributed by atoms with E-state index in [-0.39, 0.29) is 11.4 Å². The Morgan fingerprint density at radius 1 is 1.26 bits per heavy atom. The zero-order valence-electron chi connectivity index (χ0n) is 10.6. The van der Waals surface area contributed by atoms with E-state index >= 15 is 0 Å². The lowest BCUT2D eigenvalue weighted by Gasteiger charge is -2.34. The zero-order valence-corrected chi connectivity index (χ0v) is 10.6. The molecule has 2 rings (SSSR count). The second-order valence-corrected chi connectivity index (χ2v) is 4.64. The van der Waals surface area contributed by atoms with E-state index < -0.39 is 23.1 Å². The van der Waals surface area contributed by atoms with Crippen LogP contribution in [-0.2, 0) is 0 Å². The first-order valence-corrected chi connectivity index (χ1v) is 5.92. The predicted octanol–water partition coefficient (Wildman–Crippen LogP) is 0.398. The summed E-state index contributed by atoms with van der Waals surface area (Å²) < 4.78 is 28.2. The van der Waals surface area contributed by atoms with E-state index in [0.717, 1.165) is 6.07 Å². The van der Waals surface area contributed by atoms with Crippen molar-refractivity contribution in [3.05, 3.63) is 23.3 Å². The van der Waals surface area contributed by atoms with E-state index in [1.54, 1.807) is 4.90 Å². The number of likely N-dealkylation sites (N-methyl/N-ethyl adjacent to an activating group) is 1. The van der Waals surface area contributed by atoms with Crippen LogP contribution in [0.4, 0.5) is 20.2 Å². The number of carbonyl (C=O) groups excluding carboxylic acids is 1. The van der Waals surface area contributed by atoms with Crippen LogP contribution in [0, 0.1) is 11.6 Å². The summed E-state index contributed by atoms with van der Waals surface area (Å²) in [7, 11) is 1.93. The van der Waals surface area contributed by atoms with Crippen LogP contribution in [-0.4, -0.2) is 44.0 Å². The second-order valence-electron chi connectivity index (χ2n) is 4.64. The fourth-order valence-corrected chi connectivity index (χ4v) is 2.20. The number of carbonyl (C=O) groups is 1. The molecular formula is C12H16F2N4O. The number of hydrogen-bond donors (Lipinski definition) is 2. The summed E-state index contributed by atoms with van der Waals surface area (Å²) in [4.78, 5) is 14.8. The standard InChI is InChI=1S/C12H16F2N4O/c1-17-2-4-18(5-3-17)11-7(13)6-8(15)9(10(11)14)12(16)19/h6H,2-5,15H2,1H3,(H2,16,19). The molecule has 0 atom stereocenters. The number of rotatable bonds is 2. The van der Waals surface area contributed by atoms with E-state index in [9.17, 15) is 13.6 Å². The third kappa shape index (κ3) is 2.46. The molecule has 0 spiro atoms. The Morgan fingerprint density at radius 3 is 2.37 bits per heavy atom. The van der Waals surface area contributed by atoms with Gasteiger partial charge in [0.2, 0.25) is 0 Å². The largest absolute Gasteiger partial charge is 0.398 e. The molecular weight excluding hydrogens is 254 g/mol. The molecule has 0 radical (unpaired) electrons. The highest BCUT2D eigenvalue weighted by atomic mass is 19.1. The molecule has 7 heteroatoms. The van der Waals surface area contributed by atoms with Crippen LogP contribution in [0.1, 0.15) is 10.4 Å². The molecule has 1 aromatic carbocycles. The van der Waals surface area contributed by atoms with E-state index in [0.29, 0.717) is 26.2 Å². The van der Waals surface area contributed by atoms with Gasteiger partial charge in [0.05, 0.1) is 5.69 Å². The van der Waals surface area contributed by atoms with Gasteiger partial charge in [0.25, 0.3) is 5.91 Å². The average molecular weight is 270 g/mol. The first-order chi connectivity index (χ1) is 8.91. The van der Waals surface area contributed by atoms with Crippen molar-refractivity contribution in [3.8, 4) is 0 Å². The molecule has 1 saturated heterocycles. The number of piperazine rings is 1. The van der Waals surface area contributed by atoms with Crippen molar-refractivity contribution in [1.29, 1.82) is 0 Å². The molecule has 1 aliphatic rings. The highest BCUT2D eigenvalue weighted by molar-refractivity contribution is 5.99. The van der Waals surface area contributed by atoms with Crippen molar-refractivity contribution >= 4 is 17.3 Å². The van der Waals surface area contributed by atoms with Gasteiger partial charge >= 0.3 is 0 Å². The van der Waals surface area contributed by atoms with Crippen molar-refractivity contribution in [1.82, 2.24) is 4.90 Å². The summed E-state index contributed by atoms with van der Waals surface area (Å²) in [5, 5.41) is 0. The van der Waals surface area contributed by atoms with Crippen LogP contribution in [0.5, 0.6) is 0 Å². The SMILES string of the molecule is CN1CCN(c2c(F)cc(N)c(C(N)=O)c2F)CC1. The maximum absolute atomic E-state index is 14.3. The molecule has 0 bridgehead atoms. The van der Waals surface area contributed by atoms with Gasteiger partial charge in [0.1, 0.15) is 11.3 Å². The molecule has 0 aromatic heterocycles. The van der Waals surface area contributed by atoms with Crippen LogP contribution in [0.15, 0.2) is 6.07 Å². The lowest BCUT2D eigenvalue weighted by atomic mass is 10.1. The smallest absolute Gasteiger partial charge is 0.253 e. The molecule has 19 heavy (non-hydrogen) atoms. The summed E-state index contributed by atoms with van der Waals surface area (Å²) in [5.41, 5.74) is 9.56. The molecule has 1 fully saturated rings. The van der Waals surface area contributed by atoms with Crippen LogP contribution in [0.2, 0.25) is 0 Å². The van der Waals surface area contributed by atoms with Gasteiger partial charge in [-0.2, -0.15) is 0 Å². The van der Waals surface area contributed by atoms with Gasteiger partial charge in [-0.15, -0.1) is 0 Å².